The van der Waals surface area contributed by atoms with Crippen molar-refractivity contribution in [3.8, 4) is 11.8 Å². The van der Waals surface area contributed by atoms with Crippen LogP contribution in [-0.2, 0) is 0 Å². The van der Waals surface area contributed by atoms with Gasteiger partial charge in [0.2, 0.25) is 0 Å². The standard InChI is InChI=1S/C15H11ClFN3O/c16-12-9-11(17)5-6-13(12)20-15(21)14-10(3-1-7-18)4-2-8-19-14/h2,4-6,8-9H,7,18H2,(H,20,21). The van der Waals surface area contributed by atoms with Crippen molar-refractivity contribution in [3.63, 3.8) is 0 Å². The quantitative estimate of drug-likeness (QED) is 0.837. The first kappa shape index (κ1) is 15.0. The Kier molecular flexibility index (Phi) is 4.88. The molecular formula is C15H11ClFN3O. The molecule has 0 fully saturated rings. The minimum Gasteiger partial charge on any atom is -0.320 e. The van der Waals surface area contributed by atoms with E-state index in [1.54, 1.807) is 12.1 Å². The van der Waals surface area contributed by atoms with Gasteiger partial charge in [-0.3, -0.25) is 4.79 Å². The van der Waals surface area contributed by atoms with Gasteiger partial charge in [0.05, 0.1) is 22.8 Å². The molecule has 0 saturated heterocycles. The van der Waals surface area contributed by atoms with Crippen LogP contribution in [0.3, 0.4) is 0 Å². The molecule has 0 aliphatic carbocycles. The number of hydrogen-bond donors (Lipinski definition) is 2. The summed E-state index contributed by atoms with van der Waals surface area (Å²) in [5.74, 6) is 4.47. The van der Waals surface area contributed by atoms with Gasteiger partial charge in [-0.1, -0.05) is 23.4 Å². The van der Waals surface area contributed by atoms with Gasteiger partial charge in [-0.05, 0) is 30.3 Å². The van der Waals surface area contributed by atoms with Crippen LogP contribution in [0.1, 0.15) is 16.1 Å². The summed E-state index contributed by atoms with van der Waals surface area (Å²) in [6.45, 7) is 0.180. The van der Waals surface area contributed by atoms with Crippen molar-refractivity contribution in [3.05, 3.63) is 58.6 Å². The third kappa shape index (κ3) is 3.78. The molecule has 1 amide bonds. The van der Waals surface area contributed by atoms with Crippen molar-refractivity contribution < 1.29 is 9.18 Å². The van der Waals surface area contributed by atoms with Gasteiger partial charge in [-0.2, -0.15) is 0 Å². The number of halogens is 2. The van der Waals surface area contributed by atoms with Crippen molar-refractivity contribution in [2.45, 2.75) is 0 Å². The number of benzene rings is 1. The minimum absolute atomic E-state index is 0.105. The summed E-state index contributed by atoms with van der Waals surface area (Å²) in [5.41, 5.74) is 6.22. The zero-order chi connectivity index (χ0) is 15.2. The molecule has 1 aromatic carbocycles. The average molecular weight is 304 g/mol. The normalized spacial score (nSPS) is 9.67. The highest BCUT2D eigenvalue weighted by molar-refractivity contribution is 6.33. The van der Waals surface area contributed by atoms with E-state index >= 15 is 0 Å². The fourth-order valence-corrected chi connectivity index (χ4v) is 1.82. The summed E-state index contributed by atoms with van der Waals surface area (Å²) in [5, 5.41) is 2.68. The Balaban J connectivity index is 2.28. The molecule has 106 valence electrons. The number of amides is 1. The van der Waals surface area contributed by atoms with Gasteiger partial charge in [0.1, 0.15) is 11.5 Å². The van der Waals surface area contributed by atoms with Crippen LogP contribution in [-0.4, -0.2) is 17.4 Å². The number of nitrogens with two attached hydrogens (primary N) is 1. The fourth-order valence-electron chi connectivity index (χ4n) is 1.61. The van der Waals surface area contributed by atoms with E-state index in [0.29, 0.717) is 11.3 Å². The molecule has 1 heterocycles. The van der Waals surface area contributed by atoms with Crippen LogP contribution in [0.15, 0.2) is 36.5 Å². The molecule has 6 heteroatoms. The van der Waals surface area contributed by atoms with Crippen LogP contribution in [0.2, 0.25) is 5.02 Å². The third-order valence-corrected chi connectivity index (χ3v) is 2.84. The summed E-state index contributed by atoms with van der Waals surface area (Å²) in [6.07, 6.45) is 1.48. The lowest BCUT2D eigenvalue weighted by atomic mass is 10.2. The molecule has 2 aromatic rings. The van der Waals surface area contributed by atoms with Gasteiger partial charge in [-0.15, -0.1) is 0 Å². The van der Waals surface area contributed by atoms with Crippen molar-refractivity contribution >= 4 is 23.2 Å². The summed E-state index contributed by atoms with van der Waals surface area (Å²) in [7, 11) is 0. The van der Waals surface area contributed by atoms with Gasteiger partial charge in [0.25, 0.3) is 5.91 Å². The maximum Gasteiger partial charge on any atom is 0.275 e. The van der Waals surface area contributed by atoms with Crippen LogP contribution < -0.4 is 11.1 Å². The first-order valence-electron chi connectivity index (χ1n) is 6.02. The molecule has 0 spiro atoms. The number of rotatable bonds is 2. The number of hydrogen-bond acceptors (Lipinski definition) is 3. The van der Waals surface area contributed by atoms with E-state index < -0.39 is 11.7 Å². The van der Waals surface area contributed by atoms with E-state index in [2.05, 4.69) is 22.1 Å². The summed E-state index contributed by atoms with van der Waals surface area (Å²) < 4.78 is 13.0. The second-order valence-electron chi connectivity index (χ2n) is 3.98. The Bertz CT molecular complexity index is 737. The van der Waals surface area contributed by atoms with E-state index in [9.17, 15) is 9.18 Å². The predicted octanol–water partition coefficient (Wildman–Crippen LogP) is 2.44. The maximum atomic E-state index is 13.0. The molecule has 1 aromatic heterocycles. The molecule has 4 nitrogen and oxygen atoms in total. The molecule has 0 bridgehead atoms. The van der Waals surface area contributed by atoms with Crippen LogP contribution in [0.25, 0.3) is 0 Å². The Morgan fingerprint density at radius 3 is 2.95 bits per heavy atom. The lowest BCUT2D eigenvalue weighted by Gasteiger charge is -2.07. The van der Waals surface area contributed by atoms with Gasteiger partial charge in [0.15, 0.2) is 0 Å². The van der Waals surface area contributed by atoms with Crippen LogP contribution in [0.4, 0.5) is 10.1 Å². The topological polar surface area (TPSA) is 68.0 Å². The Morgan fingerprint density at radius 1 is 1.43 bits per heavy atom. The van der Waals surface area contributed by atoms with E-state index in [4.69, 9.17) is 17.3 Å². The minimum atomic E-state index is -0.481. The number of carbonyl (C=O) groups is 1. The first-order chi connectivity index (χ1) is 10.1. The van der Waals surface area contributed by atoms with Gasteiger partial charge < -0.3 is 11.1 Å². The molecule has 0 unspecified atom stereocenters. The smallest absolute Gasteiger partial charge is 0.275 e. The number of carbonyl (C=O) groups excluding carboxylic acids is 1. The molecule has 0 aliphatic rings. The number of nitrogens with zero attached hydrogens (tertiary/aromatic N) is 1. The fraction of sp³-hybridized carbons (Fsp3) is 0.0667. The zero-order valence-electron chi connectivity index (χ0n) is 10.9. The van der Waals surface area contributed by atoms with Crippen molar-refractivity contribution in [1.82, 2.24) is 4.98 Å². The van der Waals surface area contributed by atoms with Crippen molar-refractivity contribution in [2.24, 2.45) is 5.73 Å². The highest BCUT2D eigenvalue weighted by atomic mass is 35.5. The Labute approximate surface area is 126 Å². The van der Waals surface area contributed by atoms with Gasteiger partial charge in [0, 0.05) is 6.20 Å². The number of nitrogens with one attached hydrogen (secondary N) is 1. The first-order valence-corrected chi connectivity index (χ1v) is 6.40. The molecule has 21 heavy (non-hydrogen) atoms. The van der Waals surface area contributed by atoms with Gasteiger partial charge in [-0.25, -0.2) is 9.37 Å². The second-order valence-corrected chi connectivity index (χ2v) is 4.39. The molecule has 3 N–H and O–H groups in total. The van der Waals surface area contributed by atoms with Crippen LogP contribution in [0, 0.1) is 17.7 Å². The SMILES string of the molecule is NCC#Cc1cccnc1C(=O)Nc1ccc(F)cc1Cl. The summed E-state index contributed by atoms with van der Waals surface area (Å²) >= 11 is 5.86. The molecule has 0 atom stereocenters. The van der Waals surface area contributed by atoms with Gasteiger partial charge >= 0.3 is 0 Å². The monoisotopic (exact) mass is 303 g/mol. The lowest BCUT2D eigenvalue weighted by Crippen LogP contribution is -2.15. The van der Waals surface area contributed by atoms with E-state index in [1.165, 1.54) is 18.3 Å². The van der Waals surface area contributed by atoms with E-state index in [1.807, 2.05) is 0 Å². The van der Waals surface area contributed by atoms with E-state index in [-0.39, 0.29) is 17.3 Å². The third-order valence-electron chi connectivity index (χ3n) is 2.53. The molecule has 0 radical (unpaired) electrons. The Hall–Kier alpha value is -2.42. The average Bonchev–Trinajstić information content (AvgIpc) is 2.48. The predicted molar refractivity (Wildman–Crippen MR) is 79.5 cm³/mol. The number of anilines is 1. The lowest BCUT2D eigenvalue weighted by molar-refractivity contribution is 0.102. The van der Waals surface area contributed by atoms with E-state index in [0.717, 1.165) is 6.07 Å². The maximum absolute atomic E-state index is 13.0. The molecular weight excluding hydrogens is 293 g/mol. The largest absolute Gasteiger partial charge is 0.320 e. The van der Waals surface area contributed by atoms with Crippen LogP contribution >= 0.6 is 11.6 Å². The number of pyridine rings is 1. The summed E-state index contributed by atoms with van der Waals surface area (Å²) in [6, 6.07) is 7.03. The molecule has 2 rings (SSSR count). The highest BCUT2D eigenvalue weighted by Gasteiger charge is 2.13. The second kappa shape index (κ2) is 6.84. The van der Waals surface area contributed by atoms with Crippen LogP contribution in [0.5, 0.6) is 0 Å². The zero-order valence-corrected chi connectivity index (χ0v) is 11.6. The molecule has 0 aliphatic heterocycles. The van der Waals surface area contributed by atoms with Crippen molar-refractivity contribution in [2.75, 3.05) is 11.9 Å². The summed E-state index contributed by atoms with van der Waals surface area (Å²) in [4.78, 5) is 16.2. The van der Waals surface area contributed by atoms with Crippen molar-refractivity contribution in [1.29, 1.82) is 0 Å². The number of aromatic nitrogens is 1. The highest BCUT2D eigenvalue weighted by Crippen LogP contribution is 2.23. The molecule has 0 saturated carbocycles. The Morgan fingerprint density at radius 2 is 2.24 bits per heavy atom.